The summed E-state index contributed by atoms with van der Waals surface area (Å²) in [6.45, 7) is 2.78. The van der Waals surface area contributed by atoms with Crippen LogP contribution in [0.15, 0.2) is 35.6 Å². The molecule has 170 valence electrons. The van der Waals surface area contributed by atoms with Crippen LogP contribution in [0, 0.1) is 5.82 Å². The Morgan fingerprint density at radius 3 is 2.91 bits per heavy atom. The minimum Gasteiger partial charge on any atom is -0.358 e. The maximum absolute atomic E-state index is 14.8. The van der Waals surface area contributed by atoms with Gasteiger partial charge in [-0.2, -0.15) is 0 Å². The van der Waals surface area contributed by atoms with Gasteiger partial charge >= 0.3 is 0 Å². The highest BCUT2D eigenvalue weighted by atomic mass is 19.1. The molecule has 6 rings (SSSR count). The van der Waals surface area contributed by atoms with E-state index in [9.17, 15) is 9.18 Å². The van der Waals surface area contributed by atoms with Crippen molar-refractivity contribution in [3.05, 3.63) is 52.8 Å². The molecule has 1 spiro atoms. The maximum Gasteiger partial charge on any atom is 0.283 e. The van der Waals surface area contributed by atoms with Crippen molar-refractivity contribution in [2.24, 2.45) is 0 Å². The first kappa shape index (κ1) is 20.1. The minimum atomic E-state index is -0.540. The molecule has 1 aromatic carbocycles. The number of rotatable bonds is 5. The first-order chi connectivity index (χ1) is 16.1. The second-order valence-electron chi connectivity index (χ2n) is 8.95. The van der Waals surface area contributed by atoms with E-state index in [2.05, 4.69) is 30.3 Å². The van der Waals surface area contributed by atoms with Crippen LogP contribution in [0.5, 0.6) is 0 Å². The number of fused-ring (bicyclic) bond motifs is 2. The van der Waals surface area contributed by atoms with E-state index in [1.165, 1.54) is 12.4 Å². The highest BCUT2D eigenvalue weighted by Gasteiger charge is 2.50. The Kier molecular flexibility index (Phi) is 4.56. The van der Waals surface area contributed by atoms with E-state index in [0.717, 1.165) is 38.6 Å². The van der Waals surface area contributed by atoms with Crippen molar-refractivity contribution in [2.75, 3.05) is 16.9 Å². The molecule has 4 aromatic rings. The molecule has 0 bridgehead atoms. The van der Waals surface area contributed by atoms with Crippen LogP contribution >= 0.6 is 0 Å². The second-order valence-corrected chi connectivity index (χ2v) is 8.95. The van der Waals surface area contributed by atoms with Crippen molar-refractivity contribution < 1.29 is 4.39 Å². The van der Waals surface area contributed by atoms with Gasteiger partial charge in [0, 0.05) is 6.54 Å². The number of nitrogens with zero attached hydrogens (tertiary/aromatic N) is 6. The largest absolute Gasteiger partial charge is 0.358 e. The monoisotopic (exact) mass is 448 g/mol. The molecule has 2 aliphatic rings. The number of H-pyrrole nitrogens is 1. The summed E-state index contributed by atoms with van der Waals surface area (Å²) in [6, 6.07) is 4.27. The zero-order valence-corrected chi connectivity index (χ0v) is 18.4. The number of anilines is 1. The normalized spacial score (nSPS) is 18.2. The highest BCUT2D eigenvalue weighted by molar-refractivity contribution is 5.82. The minimum absolute atomic E-state index is 0.0277. The van der Waals surface area contributed by atoms with Gasteiger partial charge in [0.2, 0.25) is 0 Å². The van der Waals surface area contributed by atoms with Crippen LogP contribution in [0.25, 0.3) is 22.1 Å². The molecule has 4 heterocycles. The molecule has 2 N–H and O–H groups in total. The highest BCUT2D eigenvalue weighted by Crippen LogP contribution is 2.47. The van der Waals surface area contributed by atoms with Crippen LogP contribution in [-0.2, 0) is 0 Å². The molecule has 0 amide bonds. The van der Waals surface area contributed by atoms with Crippen LogP contribution < -0.4 is 15.9 Å². The van der Waals surface area contributed by atoms with Crippen molar-refractivity contribution in [2.45, 2.75) is 57.0 Å². The number of piperidine rings is 1. The molecule has 1 saturated heterocycles. The molecule has 1 atom stereocenters. The number of hydrogen-bond donors (Lipinski definition) is 2. The fourth-order valence-corrected chi connectivity index (χ4v) is 5.09. The van der Waals surface area contributed by atoms with Gasteiger partial charge in [0.15, 0.2) is 17.3 Å². The molecular weight excluding hydrogens is 423 g/mol. The van der Waals surface area contributed by atoms with E-state index >= 15 is 0 Å². The van der Waals surface area contributed by atoms with Crippen molar-refractivity contribution in [1.29, 1.82) is 0 Å². The van der Waals surface area contributed by atoms with Crippen molar-refractivity contribution in [1.82, 2.24) is 29.6 Å². The van der Waals surface area contributed by atoms with Gasteiger partial charge in [-0.1, -0.05) is 13.0 Å². The summed E-state index contributed by atoms with van der Waals surface area (Å²) in [5.74, 6) is 0.589. The van der Waals surface area contributed by atoms with Crippen LogP contribution in [0.3, 0.4) is 0 Å². The molecule has 0 radical (unpaired) electrons. The number of nitrogens with one attached hydrogen (secondary N) is 2. The molecule has 0 unspecified atom stereocenters. The quantitative estimate of drug-likeness (QED) is 0.482. The molecule has 9 nitrogen and oxygen atoms in total. The Morgan fingerprint density at radius 2 is 2.09 bits per heavy atom. The van der Waals surface area contributed by atoms with E-state index in [0.29, 0.717) is 34.7 Å². The molecule has 1 aliphatic carbocycles. The third kappa shape index (κ3) is 3.15. The summed E-state index contributed by atoms with van der Waals surface area (Å²) in [4.78, 5) is 34.6. The molecule has 1 aliphatic heterocycles. The topological polar surface area (TPSA) is 105 Å². The zero-order chi connectivity index (χ0) is 22.6. The lowest BCUT2D eigenvalue weighted by Crippen LogP contribution is -2.55. The van der Waals surface area contributed by atoms with E-state index < -0.39 is 5.82 Å². The summed E-state index contributed by atoms with van der Waals surface area (Å²) in [6.07, 6.45) is 8.94. The number of hydrogen-bond acceptors (Lipinski definition) is 7. The lowest BCUT2D eigenvalue weighted by molar-refractivity contribution is 0.346. The Hall–Kier alpha value is -3.56. The summed E-state index contributed by atoms with van der Waals surface area (Å²) in [5.41, 5.74) is 1.23. The SMILES string of the molecule is CC[C@H](Nc1ncnc2[nH]cnc12)c1nc2cccc(F)c2c(=O)n1N1CCCCC12CC2. The molecule has 2 fully saturated rings. The molecule has 3 aromatic heterocycles. The van der Waals surface area contributed by atoms with E-state index in [-0.39, 0.29) is 22.5 Å². The first-order valence-corrected chi connectivity index (χ1v) is 11.5. The Morgan fingerprint density at radius 1 is 1.21 bits per heavy atom. The van der Waals surface area contributed by atoms with Crippen molar-refractivity contribution in [3.63, 3.8) is 0 Å². The standard InChI is InChI=1S/C23H25FN8O/c1-2-15(29-20-18-19(26-12-25-18)27-13-28-20)21-30-16-7-5-6-14(24)17(16)22(33)32(21)31-11-4-3-8-23(31)9-10-23/h5-7,12-13,15H,2-4,8-11H2,1H3,(H2,25,26,27,28,29)/t15-/m0/s1. The number of aromatic nitrogens is 6. The summed E-state index contributed by atoms with van der Waals surface area (Å²) < 4.78 is 16.4. The average molecular weight is 449 g/mol. The summed E-state index contributed by atoms with van der Waals surface area (Å²) in [5, 5.41) is 5.62. The van der Waals surface area contributed by atoms with Crippen LogP contribution in [0.1, 0.15) is 57.3 Å². The van der Waals surface area contributed by atoms with Gasteiger partial charge in [0.1, 0.15) is 23.0 Å². The molecule has 33 heavy (non-hydrogen) atoms. The van der Waals surface area contributed by atoms with Crippen LogP contribution in [0.2, 0.25) is 0 Å². The first-order valence-electron chi connectivity index (χ1n) is 11.5. The third-order valence-electron chi connectivity index (χ3n) is 6.98. The summed E-state index contributed by atoms with van der Waals surface area (Å²) in [7, 11) is 0. The average Bonchev–Trinajstić information content (AvgIpc) is 3.40. The van der Waals surface area contributed by atoms with Gasteiger partial charge in [-0.3, -0.25) is 4.79 Å². The predicted molar refractivity (Wildman–Crippen MR) is 123 cm³/mol. The fourth-order valence-electron chi connectivity index (χ4n) is 5.09. The number of halogens is 1. The van der Waals surface area contributed by atoms with E-state index in [4.69, 9.17) is 4.98 Å². The second kappa shape index (κ2) is 7.50. The third-order valence-corrected chi connectivity index (χ3v) is 6.98. The lowest BCUT2D eigenvalue weighted by atomic mass is 10.0. The predicted octanol–water partition coefficient (Wildman–Crippen LogP) is 3.42. The van der Waals surface area contributed by atoms with Gasteiger partial charge in [0.05, 0.1) is 23.4 Å². The van der Waals surface area contributed by atoms with E-state index in [1.54, 1.807) is 23.1 Å². The Bertz CT molecular complexity index is 1410. The van der Waals surface area contributed by atoms with E-state index in [1.807, 2.05) is 6.92 Å². The maximum atomic E-state index is 14.8. The van der Waals surface area contributed by atoms with Crippen molar-refractivity contribution >= 4 is 27.9 Å². The molecule has 1 saturated carbocycles. The molecular formula is C23H25FN8O. The summed E-state index contributed by atoms with van der Waals surface area (Å²) >= 11 is 0. The number of aromatic amines is 1. The Balaban J connectivity index is 1.54. The van der Waals surface area contributed by atoms with Gasteiger partial charge in [-0.25, -0.2) is 29.0 Å². The van der Waals surface area contributed by atoms with Crippen molar-refractivity contribution in [3.8, 4) is 0 Å². The molecule has 10 heteroatoms. The van der Waals surface area contributed by atoms with Gasteiger partial charge in [-0.15, -0.1) is 0 Å². The fraction of sp³-hybridized carbons (Fsp3) is 0.435. The Labute approximate surface area is 189 Å². The number of benzene rings is 1. The van der Waals surface area contributed by atoms with Crippen LogP contribution in [0.4, 0.5) is 10.2 Å². The number of imidazole rings is 1. The van der Waals surface area contributed by atoms with Gasteiger partial charge < -0.3 is 15.3 Å². The van der Waals surface area contributed by atoms with Crippen LogP contribution in [-0.4, -0.2) is 41.7 Å². The smallest absolute Gasteiger partial charge is 0.283 e. The van der Waals surface area contributed by atoms with Gasteiger partial charge in [0.25, 0.3) is 5.56 Å². The zero-order valence-electron chi connectivity index (χ0n) is 18.4. The van der Waals surface area contributed by atoms with Gasteiger partial charge in [-0.05, 0) is 50.7 Å². The lowest BCUT2D eigenvalue weighted by Gasteiger charge is -2.40.